The minimum Gasteiger partial charge on any atom is -0.279 e. The van der Waals surface area contributed by atoms with Gasteiger partial charge in [0, 0.05) is 37.1 Å². The van der Waals surface area contributed by atoms with E-state index in [0.717, 1.165) is 16.7 Å². The topological polar surface area (TPSA) is 67.6 Å². The Kier molecular flexibility index (Phi) is 3.83. The first kappa shape index (κ1) is 16.2. The van der Waals surface area contributed by atoms with Crippen molar-refractivity contribution in [3.63, 3.8) is 0 Å². The fourth-order valence-electron chi connectivity index (χ4n) is 2.83. The Balaban J connectivity index is 1.93. The Hall–Kier alpha value is -1.68. The third kappa shape index (κ3) is 3.18. The van der Waals surface area contributed by atoms with E-state index in [1.807, 2.05) is 0 Å². The predicted octanol–water partition coefficient (Wildman–Crippen LogP) is 1.89. The van der Waals surface area contributed by atoms with Crippen LogP contribution in [0.25, 0.3) is 5.78 Å². The van der Waals surface area contributed by atoms with E-state index in [9.17, 15) is 21.6 Å². The van der Waals surface area contributed by atoms with Crippen LogP contribution in [0.2, 0.25) is 0 Å². The summed E-state index contributed by atoms with van der Waals surface area (Å²) in [4.78, 5) is 8.05. The Morgan fingerprint density at radius 3 is 2.48 bits per heavy atom. The van der Waals surface area contributed by atoms with Crippen molar-refractivity contribution in [2.75, 3.05) is 19.3 Å². The molecule has 6 nitrogen and oxygen atoms in total. The molecule has 3 heterocycles. The number of imidazole rings is 1. The molecular weight excluding hydrogens is 333 g/mol. The van der Waals surface area contributed by atoms with Gasteiger partial charge in [0.1, 0.15) is 5.69 Å². The molecule has 23 heavy (non-hydrogen) atoms. The van der Waals surface area contributed by atoms with E-state index in [4.69, 9.17) is 0 Å². The number of halogens is 3. The van der Waals surface area contributed by atoms with Crippen molar-refractivity contribution in [2.45, 2.75) is 24.9 Å². The van der Waals surface area contributed by atoms with E-state index < -0.39 is 21.9 Å². The molecule has 1 aliphatic rings. The van der Waals surface area contributed by atoms with Crippen LogP contribution in [0.3, 0.4) is 0 Å². The van der Waals surface area contributed by atoms with Crippen LogP contribution in [0.15, 0.2) is 18.5 Å². The number of aromatic nitrogens is 3. The molecular formula is C13H15F3N4O2S. The van der Waals surface area contributed by atoms with Gasteiger partial charge in [-0.2, -0.15) is 13.2 Å². The zero-order chi connectivity index (χ0) is 16.8. The first-order chi connectivity index (χ1) is 10.7. The molecule has 0 spiro atoms. The van der Waals surface area contributed by atoms with Crippen molar-refractivity contribution in [3.8, 4) is 0 Å². The van der Waals surface area contributed by atoms with Crippen LogP contribution in [0.4, 0.5) is 13.2 Å². The number of rotatable bonds is 2. The van der Waals surface area contributed by atoms with E-state index in [2.05, 4.69) is 9.97 Å². The molecule has 1 fully saturated rings. The predicted molar refractivity (Wildman–Crippen MR) is 76.4 cm³/mol. The Labute approximate surface area is 131 Å². The molecule has 0 unspecified atom stereocenters. The highest BCUT2D eigenvalue weighted by molar-refractivity contribution is 7.88. The summed E-state index contributed by atoms with van der Waals surface area (Å²) < 4.78 is 64.8. The van der Waals surface area contributed by atoms with E-state index in [0.29, 0.717) is 18.5 Å². The third-order valence-electron chi connectivity index (χ3n) is 4.03. The number of sulfonamides is 1. The summed E-state index contributed by atoms with van der Waals surface area (Å²) in [5.41, 5.74) is -0.510. The number of piperidine rings is 1. The molecule has 1 saturated heterocycles. The average molecular weight is 348 g/mol. The highest BCUT2D eigenvalue weighted by Gasteiger charge is 2.36. The van der Waals surface area contributed by atoms with Gasteiger partial charge in [-0.1, -0.05) is 0 Å². The lowest BCUT2D eigenvalue weighted by Crippen LogP contribution is -2.37. The average Bonchev–Trinajstić information content (AvgIpc) is 2.92. The van der Waals surface area contributed by atoms with Crippen LogP contribution in [0.1, 0.15) is 30.1 Å². The quantitative estimate of drug-likeness (QED) is 0.831. The van der Waals surface area contributed by atoms with Gasteiger partial charge in [-0.3, -0.25) is 4.40 Å². The first-order valence-electron chi connectivity index (χ1n) is 7.02. The Bertz CT molecular complexity index is 823. The molecule has 3 rings (SSSR count). The smallest absolute Gasteiger partial charge is 0.279 e. The highest BCUT2D eigenvalue weighted by Crippen LogP contribution is 2.34. The van der Waals surface area contributed by atoms with E-state index in [1.165, 1.54) is 16.7 Å². The largest absolute Gasteiger partial charge is 0.431 e. The van der Waals surface area contributed by atoms with Crippen molar-refractivity contribution < 1.29 is 21.6 Å². The number of hydrogen-bond donors (Lipinski definition) is 0. The lowest BCUT2D eigenvalue weighted by atomic mass is 9.94. The van der Waals surface area contributed by atoms with Gasteiger partial charge < -0.3 is 0 Å². The fraction of sp³-hybridized carbons (Fsp3) is 0.538. The van der Waals surface area contributed by atoms with Crippen LogP contribution in [0.5, 0.6) is 0 Å². The minimum atomic E-state index is -4.51. The second-order valence-corrected chi connectivity index (χ2v) is 7.58. The normalized spacial score (nSPS) is 18.6. The number of hydrogen-bond acceptors (Lipinski definition) is 4. The summed E-state index contributed by atoms with van der Waals surface area (Å²) in [6.07, 6.45) is -0.00860. The molecule has 126 valence electrons. The highest BCUT2D eigenvalue weighted by atomic mass is 32.2. The van der Waals surface area contributed by atoms with Gasteiger partial charge in [-0.25, -0.2) is 22.7 Å². The van der Waals surface area contributed by atoms with Crippen LogP contribution in [-0.4, -0.2) is 46.4 Å². The van der Waals surface area contributed by atoms with Crippen LogP contribution in [-0.2, 0) is 16.2 Å². The SMILES string of the molecule is CS(=O)(=O)N1CCC(c2cc(C(F)(F)F)n3ccnc3n2)CC1. The summed E-state index contributed by atoms with van der Waals surface area (Å²) in [5, 5.41) is 0. The minimum absolute atomic E-state index is 0.000340. The standard InChI is InChI=1S/C13H15F3N4O2S/c1-23(21,22)19-5-2-9(3-6-19)10-8-11(13(14,15)16)20-7-4-17-12(20)18-10/h4,7-9H,2-3,5-6H2,1H3. The second-order valence-electron chi connectivity index (χ2n) is 5.60. The Morgan fingerprint density at radius 2 is 1.91 bits per heavy atom. The number of alkyl halides is 3. The molecule has 0 N–H and O–H groups in total. The van der Waals surface area contributed by atoms with E-state index in [1.54, 1.807) is 0 Å². The van der Waals surface area contributed by atoms with Crippen molar-refractivity contribution >= 4 is 15.8 Å². The fourth-order valence-corrected chi connectivity index (χ4v) is 3.71. The number of nitrogens with zero attached hydrogens (tertiary/aromatic N) is 4. The van der Waals surface area contributed by atoms with Gasteiger partial charge in [-0.15, -0.1) is 0 Å². The summed E-state index contributed by atoms with van der Waals surface area (Å²) in [6, 6.07) is 1.04. The van der Waals surface area contributed by atoms with Crippen LogP contribution >= 0.6 is 0 Å². The Morgan fingerprint density at radius 1 is 1.26 bits per heavy atom. The van der Waals surface area contributed by atoms with E-state index >= 15 is 0 Å². The van der Waals surface area contributed by atoms with Crippen molar-refractivity contribution in [2.24, 2.45) is 0 Å². The maximum Gasteiger partial charge on any atom is 0.431 e. The second kappa shape index (κ2) is 5.45. The third-order valence-corrected chi connectivity index (χ3v) is 5.33. The van der Waals surface area contributed by atoms with Gasteiger partial charge in [-0.05, 0) is 18.9 Å². The van der Waals surface area contributed by atoms with Gasteiger partial charge in [0.05, 0.1) is 6.26 Å². The lowest BCUT2D eigenvalue weighted by molar-refractivity contribution is -0.142. The molecule has 0 saturated carbocycles. The molecule has 0 aliphatic carbocycles. The lowest BCUT2D eigenvalue weighted by Gasteiger charge is -2.30. The summed E-state index contributed by atoms with van der Waals surface area (Å²) in [5.74, 6) is -0.212. The summed E-state index contributed by atoms with van der Waals surface area (Å²) in [6.45, 7) is 0.568. The molecule has 10 heteroatoms. The molecule has 0 radical (unpaired) electrons. The first-order valence-corrected chi connectivity index (χ1v) is 8.87. The van der Waals surface area contributed by atoms with Crippen molar-refractivity contribution in [3.05, 3.63) is 29.8 Å². The molecule has 0 aromatic carbocycles. The van der Waals surface area contributed by atoms with Gasteiger partial charge in [0.25, 0.3) is 0 Å². The maximum atomic E-state index is 13.2. The van der Waals surface area contributed by atoms with Gasteiger partial charge in [0.2, 0.25) is 15.8 Å². The monoisotopic (exact) mass is 348 g/mol. The summed E-state index contributed by atoms with van der Waals surface area (Å²) >= 11 is 0. The molecule has 1 aliphatic heterocycles. The molecule has 0 bridgehead atoms. The molecule has 2 aromatic heterocycles. The molecule has 0 atom stereocenters. The van der Waals surface area contributed by atoms with Gasteiger partial charge in [0.15, 0.2) is 0 Å². The zero-order valence-electron chi connectivity index (χ0n) is 12.3. The summed E-state index contributed by atoms with van der Waals surface area (Å²) in [7, 11) is -3.27. The molecule has 0 amide bonds. The zero-order valence-corrected chi connectivity index (χ0v) is 13.1. The van der Waals surface area contributed by atoms with Crippen LogP contribution in [0, 0.1) is 0 Å². The van der Waals surface area contributed by atoms with Gasteiger partial charge >= 0.3 is 6.18 Å². The number of fused-ring (bicyclic) bond motifs is 1. The van der Waals surface area contributed by atoms with E-state index in [-0.39, 0.29) is 24.8 Å². The van der Waals surface area contributed by atoms with Crippen molar-refractivity contribution in [1.82, 2.24) is 18.7 Å². The van der Waals surface area contributed by atoms with Crippen molar-refractivity contribution in [1.29, 1.82) is 0 Å². The van der Waals surface area contributed by atoms with Crippen LogP contribution < -0.4 is 0 Å². The molecule has 2 aromatic rings. The maximum absolute atomic E-state index is 13.2.